The van der Waals surface area contributed by atoms with Gasteiger partial charge in [-0.25, -0.2) is 4.98 Å². The van der Waals surface area contributed by atoms with Crippen molar-refractivity contribution in [2.24, 2.45) is 5.73 Å². The molecule has 0 aliphatic rings. The first-order valence-corrected chi connectivity index (χ1v) is 7.51. The van der Waals surface area contributed by atoms with Crippen molar-refractivity contribution < 1.29 is 0 Å². The summed E-state index contributed by atoms with van der Waals surface area (Å²) in [6.07, 6.45) is 3.63. The summed E-state index contributed by atoms with van der Waals surface area (Å²) in [6, 6.07) is 12.0. The van der Waals surface area contributed by atoms with Gasteiger partial charge in [0, 0.05) is 22.2 Å². The molecule has 1 aromatic heterocycles. The van der Waals surface area contributed by atoms with E-state index in [9.17, 15) is 0 Å². The Bertz CT molecular complexity index is 531. The lowest BCUT2D eigenvalue weighted by Gasteiger charge is -2.13. The molecule has 0 spiro atoms. The van der Waals surface area contributed by atoms with Crippen LogP contribution in [0, 0.1) is 0 Å². The molecular weight excluding hydrogens is 276 g/mol. The van der Waals surface area contributed by atoms with Gasteiger partial charge in [-0.1, -0.05) is 42.4 Å². The van der Waals surface area contributed by atoms with E-state index in [1.54, 1.807) is 18.0 Å². The van der Waals surface area contributed by atoms with Crippen LogP contribution in [0.25, 0.3) is 0 Å². The number of halogens is 1. The summed E-state index contributed by atoms with van der Waals surface area (Å²) in [5.41, 5.74) is 7.28. The van der Waals surface area contributed by atoms with Gasteiger partial charge in [-0.2, -0.15) is 0 Å². The van der Waals surface area contributed by atoms with Gasteiger partial charge in [-0.3, -0.25) is 0 Å². The van der Waals surface area contributed by atoms with E-state index in [0.29, 0.717) is 0 Å². The van der Waals surface area contributed by atoms with Crippen molar-refractivity contribution in [3.05, 3.63) is 53.2 Å². The minimum absolute atomic E-state index is 0.184. The first-order chi connectivity index (χ1) is 9.19. The molecule has 100 valence electrons. The minimum Gasteiger partial charge on any atom is -0.327 e. The molecule has 2 N–H and O–H groups in total. The Morgan fingerprint density at radius 2 is 2.16 bits per heavy atom. The predicted octanol–water partition coefficient (Wildman–Crippen LogP) is 4.17. The lowest BCUT2D eigenvalue weighted by molar-refractivity contribution is 0.641. The van der Waals surface area contributed by atoms with Crippen LogP contribution in [0.1, 0.15) is 18.9 Å². The Labute approximate surface area is 123 Å². The van der Waals surface area contributed by atoms with E-state index in [1.165, 1.54) is 5.56 Å². The maximum absolute atomic E-state index is 6.09. The number of hydrogen-bond donors (Lipinski definition) is 1. The Kier molecular flexibility index (Phi) is 5.25. The molecule has 1 unspecified atom stereocenters. The van der Waals surface area contributed by atoms with Crippen molar-refractivity contribution in [2.45, 2.75) is 35.7 Å². The van der Waals surface area contributed by atoms with E-state index in [2.05, 4.69) is 18.0 Å². The molecule has 2 nitrogen and oxygen atoms in total. The zero-order chi connectivity index (χ0) is 13.7. The van der Waals surface area contributed by atoms with Crippen LogP contribution in [0.4, 0.5) is 0 Å². The topological polar surface area (TPSA) is 38.9 Å². The Morgan fingerprint density at radius 3 is 2.84 bits per heavy atom. The van der Waals surface area contributed by atoms with E-state index >= 15 is 0 Å². The van der Waals surface area contributed by atoms with Crippen molar-refractivity contribution in [3.63, 3.8) is 0 Å². The molecule has 0 bridgehead atoms. The third kappa shape index (κ3) is 4.23. The van der Waals surface area contributed by atoms with Gasteiger partial charge in [0.2, 0.25) is 0 Å². The van der Waals surface area contributed by atoms with Crippen LogP contribution < -0.4 is 5.73 Å². The highest BCUT2D eigenvalue weighted by Gasteiger charge is 2.09. The second-order valence-corrected chi connectivity index (χ2v) is 5.89. The maximum atomic E-state index is 6.09. The third-order valence-corrected chi connectivity index (χ3v) is 4.17. The van der Waals surface area contributed by atoms with Crippen molar-refractivity contribution >= 4 is 23.4 Å². The number of nitrogens with zero attached hydrogens (tertiary/aromatic N) is 1. The second-order valence-electron chi connectivity index (χ2n) is 4.39. The fourth-order valence-corrected chi connectivity index (χ4v) is 2.93. The fourth-order valence-electron chi connectivity index (χ4n) is 1.74. The van der Waals surface area contributed by atoms with Crippen molar-refractivity contribution in [2.75, 3.05) is 0 Å². The summed E-state index contributed by atoms with van der Waals surface area (Å²) in [7, 11) is 0. The molecule has 4 heteroatoms. The number of nitrogens with two attached hydrogens (primary N) is 1. The van der Waals surface area contributed by atoms with Gasteiger partial charge < -0.3 is 5.73 Å². The molecule has 0 saturated heterocycles. The molecule has 0 aliphatic heterocycles. The van der Waals surface area contributed by atoms with Gasteiger partial charge in [0.1, 0.15) is 5.03 Å². The first kappa shape index (κ1) is 14.4. The quantitative estimate of drug-likeness (QED) is 0.899. The van der Waals surface area contributed by atoms with E-state index < -0.39 is 0 Å². The molecule has 19 heavy (non-hydrogen) atoms. The highest BCUT2D eigenvalue weighted by Crippen LogP contribution is 2.31. The van der Waals surface area contributed by atoms with Crippen LogP contribution in [0.15, 0.2) is 52.5 Å². The zero-order valence-corrected chi connectivity index (χ0v) is 12.4. The van der Waals surface area contributed by atoms with Gasteiger partial charge in [0.15, 0.2) is 0 Å². The standard InChI is InChI=1S/C15H17ClN2S/c1-2-13(17)9-11-6-7-12(16)10-14(11)19-15-5-3-4-8-18-15/h3-8,10,13H,2,9,17H2,1H3. The normalized spacial score (nSPS) is 12.4. The van der Waals surface area contributed by atoms with Crippen molar-refractivity contribution in [1.82, 2.24) is 4.98 Å². The molecule has 0 radical (unpaired) electrons. The molecule has 0 aliphatic carbocycles. The minimum atomic E-state index is 0.184. The van der Waals surface area contributed by atoms with Crippen molar-refractivity contribution in [1.29, 1.82) is 0 Å². The molecule has 2 aromatic rings. The SMILES string of the molecule is CCC(N)Cc1ccc(Cl)cc1Sc1ccccn1. The Balaban J connectivity index is 2.24. The summed E-state index contributed by atoms with van der Waals surface area (Å²) in [6.45, 7) is 2.10. The van der Waals surface area contributed by atoms with Crippen LogP contribution in [-0.2, 0) is 6.42 Å². The molecule has 0 saturated carbocycles. The van der Waals surface area contributed by atoms with E-state index in [0.717, 1.165) is 27.8 Å². The van der Waals surface area contributed by atoms with Gasteiger partial charge >= 0.3 is 0 Å². The molecule has 1 heterocycles. The maximum Gasteiger partial charge on any atom is 0.101 e. The highest BCUT2D eigenvalue weighted by molar-refractivity contribution is 7.99. The number of rotatable bonds is 5. The summed E-state index contributed by atoms with van der Waals surface area (Å²) >= 11 is 7.72. The van der Waals surface area contributed by atoms with Crippen LogP contribution in [0.5, 0.6) is 0 Å². The lowest BCUT2D eigenvalue weighted by Crippen LogP contribution is -2.21. The Hall–Kier alpha value is -1.03. The first-order valence-electron chi connectivity index (χ1n) is 6.32. The average molecular weight is 293 g/mol. The van der Waals surface area contributed by atoms with E-state index in [1.807, 2.05) is 30.3 Å². The fraction of sp³-hybridized carbons (Fsp3) is 0.267. The number of aromatic nitrogens is 1. The summed E-state index contributed by atoms with van der Waals surface area (Å²) < 4.78 is 0. The average Bonchev–Trinajstić information content (AvgIpc) is 2.43. The lowest BCUT2D eigenvalue weighted by atomic mass is 10.1. The smallest absolute Gasteiger partial charge is 0.101 e. The van der Waals surface area contributed by atoms with Gasteiger partial charge in [-0.05, 0) is 42.7 Å². The summed E-state index contributed by atoms with van der Waals surface area (Å²) in [4.78, 5) is 5.47. The highest BCUT2D eigenvalue weighted by atomic mass is 35.5. The van der Waals surface area contributed by atoms with Crippen LogP contribution in [-0.4, -0.2) is 11.0 Å². The number of hydrogen-bond acceptors (Lipinski definition) is 3. The molecular formula is C15H17ClN2S. The van der Waals surface area contributed by atoms with Crippen LogP contribution in [0.3, 0.4) is 0 Å². The predicted molar refractivity (Wildman–Crippen MR) is 81.8 cm³/mol. The van der Waals surface area contributed by atoms with Gasteiger partial charge in [-0.15, -0.1) is 0 Å². The summed E-state index contributed by atoms with van der Waals surface area (Å²) in [5.74, 6) is 0. The molecule has 0 amide bonds. The van der Waals surface area contributed by atoms with Crippen LogP contribution >= 0.6 is 23.4 Å². The third-order valence-electron chi connectivity index (χ3n) is 2.89. The Morgan fingerprint density at radius 1 is 1.32 bits per heavy atom. The molecule has 2 rings (SSSR count). The number of pyridine rings is 1. The largest absolute Gasteiger partial charge is 0.327 e. The van der Waals surface area contributed by atoms with E-state index in [4.69, 9.17) is 17.3 Å². The molecule has 1 aromatic carbocycles. The molecule has 0 fully saturated rings. The monoisotopic (exact) mass is 292 g/mol. The van der Waals surface area contributed by atoms with Gasteiger partial charge in [0.05, 0.1) is 0 Å². The van der Waals surface area contributed by atoms with Crippen LogP contribution in [0.2, 0.25) is 5.02 Å². The van der Waals surface area contributed by atoms with E-state index in [-0.39, 0.29) is 6.04 Å². The summed E-state index contributed by atoms with van der Waals surface area (Å²) in [5, 5.41) is 1.71. The van der Waals surface area contributed by atoms with Gasteiger partial charge in [0.25, 0.3) is 0 Å². The zero-order valence-electron chi connectivity index (χ0n) is 10.8. The van der Waals surface area contributed by atoms with Crippen molar-refractivity contribution in [3.8, 4) is 0 Å². The molecule has 1 atom stereocenters. The second kappa shape index (κ2) is 6.94. The number of benzene rings is 1.